The van der Waals surface area contributed by atoms with Crippen LogP contribution in [0, 0.1) is 6.92 Å². The lowest BCUT2D eigenvalue weighted by atomic mass is 10.0. The van der Waals surface area contributed by atoms with Gasteiger partial charge in [-0.05, 0) is 62.5 Å². The molecule has 0 bridgehead atoms. The van der Waals surface area contributed by atoms with E-state index in [9.17, 15) is 14.2 Å². The van der Waals surface area contributed by atoms with Gasteiger partial charge in [-0.3, -0.25) is 9.59 Å². The van der Waals surface area contributed by atoms with Crippen LogP contribution in [-0.4, -0.2) is 11.3 Å². The summed E-state index contributed by atoms with van der Waals surface area (Å²) >= 11 is 12.9. The fourth-order valence-corrected chi connectivity index (χ4v) is 6.84. The monoisotopic (exact) mass is 538 g/mol. The molecule has 0 saturated carbocycles. The van der Waals surface area contributed by atoms with Gasteiger partial charge in [-0.15, -0.1) is 0 Å². The Bertz CT molecular complexity index is 1090. The van der Waals surface area contributed by atoms with Gasteiger partial charge in [-0.1, -0.05) is 54.1 Å². The maximum Gasteiger partial charge on any atom is 0.224 e. The Labute approximate surface area is 185 Å². The molecule has 7 heteroatoms. The van der Waals surface area contributed by atoms with Crippen molar-refractivity contribution in [1.82, 2.24) is 0 Å². The Morgan fingerprint density at radius 3 is 2.25 bits per heavy atom. The minimum atomic E-state index is -2.96. The number of carbonyl (C=O) groups excluding carboxylic acids is 2. The first-order valence-corrected chi connectivity index (χ1v) is 11.6. The van der Waals surface area contributed by atoms with Gasteiger partial charge < -0.3 is 4.57 Å². The zero-order valence-corrected chi connectivity index (χ0v) is 19.6. The molecule has 1 unspecified atom stereocenters. The van der Waals surface area contributed by atoms with E-state index in [2.05, 4.69) is 31.9 Å². The molecule has 3 aromatic rings. The summed E-state index contributed by atoms with van der Waals surface area (Å²) in [7, 11) is -2.96. The van der Waals surface area contributed by atoms with Crippen LogP contribution >= 0.6 is 51.3 Å². The number of halogens is 3. The molecule has 3 nitrogen and oxygen atoms in total. The molecular weight excluding hydrogens is 526 g/mol. The van der Waals surface area contributed by atoms with Crippen molar-refractivity contribution in [2.45, 2.75) is 6.92 Å². The first-order chi connectivity index (χ1) is 13.3. The third-order valence-electron chi connectivity index (χ3n) is 4.25. The van der Waals surface area contributed by atoms with Crippen molar-refractivity contribution in [3.63, 3.8) is 0 Å². The molecule has 0 saturated heterocycles. The molecule has 0 amide bonds. The Kier molecular flexibility index (Phi) is 6.72. The van der Waals surface area contributed by atoms with Crippen LogP contribution in [0.2, 0.25) is 5.02 Å². The molecule has 0 fully saturated rings. The zero-order chi connectivity index (χ0) is 20.4. The topological polar surface area (TPSA) is 51.2 Å². The SMILES string of the molecule is Cc1cccc(Cl)c1C(=O)[PH](=O)c1c(Br)ccc(C(=O)c2ccccc2)c1Br. The van der Waals surface area contributed by atoms with Crippen LogP contribution in [0.3, 0.4) is 0 Å². The van der Waals surface area contributed by atoms with Gasteiger partial charge >= 0.3 is 0 Å². The van der Waals surface area contributed by atoms with Crippen LogP contribution < -0.4 is 5.30 Å². The molecule has 0 N–H and O–H groups in total. The van der Waals surface area contributed by atoms with Gasteiger partial charge in [0.25, 0.3) is 0 Å². The van der Waals surface area contributed by atoms with Gasteiger partial charge in [-0.2, -0.15) is 0 Å². The van der Waals surface area contributed by atoms with Gasteiger partial charge in [0.15, 0.2) is 13.6 Å². The molecule has 0 aliphatic rings. The molecule has 1 atom stereocenters. The lowest BCUT2D eigenvalue weighted by Crippen LogP contribution is -2.13. The minimum absolute atomic E-state index is 0.225. The number of hydrogen-bond acceptors (Lipinski definition) is 3. The number of hydrogen-bond donors (Lipinski definition) is 0. The van der Waals surface area contributed by atoms with E-state index >= 15 is 0 Å². The molecule has 0 aromatic heterocycles. The summed E-state index contributed by atoms with van der Waals surface area (Å²) in [5.74, 6) is -0.225. The number of ketones is 1. The van der Waals surface area contributed by atoms with E-state index in [-0.39, 0.29) is 21.7 Å². The van der Waals surface area contributed by atoms with Gasteiger partial charge in [0.1, 0.15) is 0 Å². The number of rotatable bonds is 5. The zero-order valence-electron chi connectivity index (χ0n) is 14.6. The lowest BCUT2D eigenvalue weighted by molar-refractivity contribution is 0.103. The Morgan fingerprint density at radius 2 is 1.61 bits per heavy atom. The highest BCUT2D eigenvalue weighted by atomic mass is 79.9. The Hall–Kier alpha value is -1.52. The van der Waals surface area contributed by atoms with Crippen molar-refractivity contribution in [2.24, 2.45) is 0 Å². The van der Waals surface area contributed by atoms with E-state index in [0.29, 0.717) is 25.6 Å². The van der Waals surface area contributed by atoms with Crippen molar-refractivity contribution in [1.29, 1.82) is 0 Å². The smallest absolute Gasteiger partial charge is 0.224 e. The quantitative estimate of drug-likeness (QED) is 0.277. The van der Waals surface area contributed by atoms with Crippen molar-refractivity contribution >= 4 is 67.9 Å². The molecular formula is C21H14Br2ClO3P. The van der Waals surface area contributed by atoms with E-state index in [4.69, 9.17) is 11.6 Å². The number of carbonyl (C=O) groups is 2. The Balaban J connectivity index is 2.08. The van der Waals surface area contributed by atoms with E-state index in [1.165, 1.54) is 0 Å². The molecule has 3 aromatic carbocycles. The van der Waals surface area contributed by atoms with E-state index < -0.39 is 13.3 Å². The van der Waals surface area contributed by atoms with Crippen molar-refractivity contribution in [2.75, 3.05) is 0 Å². The van der Waals surface area contributed by atoms with Gasteiger partial charge in [0.2, 0.25) is 5.52 Å². The molecule has 142 valence electrons. The highest BCUT2D eigenvalue weighted by molar-refractivity contribution is 9.11. The van der Waals surface area contributed by atoms with E-state index in [0.717, 1.165) is 0 Å². The molecule has 0 aliphatic carbocycles. The number of benzene rings is 3. The van der Waals surface area contributed by atoms with Gasteiger partial charge in [0.05, 0.1) is 5.02 Å². The van der Waals surface area contributed by atoms with Gasteiger partial charge in [-0.25, -0.2) is 0 Å². The summed E-state index contributed by atoms with van der Waals surface area (Å²) in [5.41, 5.74) is 1.20. The third kappa shape index (κ3) is 4.08. The molecule has 28 heavy (non-hydrogen) atoms. The first kappa shape index (κ1) is 21.2. The van der Waals surface area contributed by atoms with E-state index in [1.807, 2.05) is 6.07 Å². The predicted octanol–water partition coefficient (Wildman–Crippen LogP) is 6.43. The summed E-state index contributed by atoms with van der Waals surface area (Å²) in [5, 5.41) is 0.531. The second kappa shape index (κ2) is 8.87. The maximum absolute atomic E-state index is 13.2. The van der Waals surface area contributed by atoms with Crippen LogP contribution in [0.1, 0.15) is 31.8 Å². The fourth-order valence-electron chi connectivity index (χ4n) is 2.83. The normalized spacial score (nSPS) is 11.9. The van der Waals surface area contributed by atoms with Crippen molar-refractivity contribution in [3.05, 3.63) is 96.9 Å². The largest absolute Gasteiger partial charge is 0.313 e. The van der Waals surface area contributed by atoms with E-state index in [1.54, 1.807) is 61.5 Å². The van der Waals surface area contributed by atoms with Gasteiger partial charge in [0, 0.05) is 30.9 Å². The first-order valence-electron chi connectivity index (χ1n) is 8.24. The average Bonchev–Trinajstić information content (AvgIpc) is 2.68. The Morgan fingerprint density at radius 1 is 0.929 bits per heavy atom. The minimum Gasteiger partial charge on any atom is -0.313 e. The standard InChI is InChI=1S/C21H14Br2ClO3P/c1-12-6-5-9-16(24)17(12)21(26)28(27)20-15(22)11-10-14(18(20)23)19(25)13-7-3-2-4-8-13/h2-11,28H,1H3. The summed E-state index contributed by atoms with van der Waals surface area (Å²) in [6.07, 6.45) is 0. The highest BCUT2D eigenvalue weighted by Gasteiger charge is 2.27. The summed E-state index contributed by atoms with van der Waals surface area (Å²) < 4.78 is 14.0. The average molecular weight is 541 g/mol. The summed E-state index contributed by atoms with van der Waals surface area (Å²) in [4.78, 5) is 25.8. The van der Waals surface area contributed by atoms with Crippen LogP contribution in [0.4, 0.5) is 0 Å². The second-order valence-electron chi connectivity index (χ2n) is 6.07. The fraction of sp³-hybridized carbons (Fsp3) is 0.0476. The molecule has 0 spiro atoms. The summed E-state index contributed by atoms with van der Waals surface area (Å²) in [6.45, 7) is 1.74. The van der Waals surface area contributed by atoms with Crippen LogP contribution in [0.15, 0.2) is 69.6 Å². The molecule has 0 heterocycles. The summed E-state index contributed by atoms with van der Waals surface area (Å²) in [6, 6.07) is 17.1. The van der Waals surface area contributed by atoms with Crippen LogP contribution in [0.25, 0.3) is 0 Å². The third-order valence-corrected chi connectivity index (χ3v) is 8.42. The lowest BCUT2D eigenvalue weighted by Gasteiger charge is -2.13. The number of aryl methyl sites for hydroxylation is 1. The molecule has 3 rings (SSSR count). The van der Waals surface area contributed by atoms with Crippen molar-refractivity contribution in [3.8, 4) is 0 Å². The van der Waals surface area contributed by atoms with Crippen LogP contribution in [0.5, 0.6) is 0 Å². The maximum atomic E-state index is 13.2. The molecule has 0 aliphatic heterocycles. The molecule has 0 radical (unpaired) electrons. The highest BCUT2D eigenvalue weighted by Crippen LogP contribution is 2.38. The predicted molar refractivity (Wildman–Crippen MR) is 121 cm³/mol. The second-order valence-corrected chi connectivity index (χ2v) is 9.74. The van der Waals surface area contributed by atoms with Crippen molar-refractivity contribution < 1.29 is 14.2 Å². The van der Waals surface area contributed by atoms with Crippen LogP contribution in [-0.2, 0) is 4.57 Å².